The zero-order valence-electron chi connectivity index (χ0n) is 10.2. The van der Waals surface area contributed by atoms with Crippen LogP contribution in [0.2, 0.25) is 0 Å². The van der Waals surface area contributed by atoms with Crippen LogP contribution >= 0.6 is 0 Å². The van der Waals surface area contributed by atoms with Crippen LogP contribution in [0.15, 0.2) is 36.5 Å². The predicted octanol–water partition coefficient (Wildman–Crippen LogP) is 3.84. The molecule has 1 saturated carbocycles. The van der Waals surface area contributed by atoms with E-state index in [0.29, 0.717) is 6.04 Å². The van der Waals surface area contributed by atoms with Gasteiger partial charge in [-0.05, 0) is 36.6 Å². The molecule has 2 heteroatoms. The van der Waals surface area contributed by atoms with Gasteiger partial charge in [0, 0.05) is 17.6 Å². The monoisotopic (exact) mass is 226 g/mol. The van der Waals surface area contributed by atoms with Crippen molar-refractivity contribution in [3.8, 4) is 0 Å². The molecule has 17 heavy (non-hydrogen) atoms. The van der Waals surface area contributed by atoms with E-state index in [2.05, 4.69) is 47.6 Å². The molecule has 1 N–H and O–H groups in total. The first kappa shape index (κ1) is 10.6. The lowest BCUT2D eigenvalue weighted by Crippen LogP contribution is -2.16. The Morgan fingerprint density at radius 2 is 2.06 bits per heavy atom. The van der Waals surface area contributed by atoms with Gasteiger partial charge in [-0.3, -0.25) is 0 Å². The SMILES string of the molecule is CC1CCC(Nc2nccc3ccccc23)C1. The maximum atomic E-state index is 4.48. The zero-order valence-corrected chi connectivity index (χ0v) is 10.2. The highest BCUT2D eigenvalue weighted by Gasteiger charge is 2.21. The van der Waals surface area contributed by atoms with Crippen LogP contribution in [0.3, 0.4) is 0 Å². The molecule has 1 aliphatic carbocycles. The van der Waals surface area contributed by atoms with Crippen molar-refractivity contribution >= 4 is 16.6 Å². The minimum atomic E-state index is 0.600. The quantitative estimate of drug-likeness (QED) is 0.841. The summed E-state index contributed by atoms with van der Waals surface area (Å²) in [4.78, 5) is 4.48. The van der Waals surface area contributed by atoms with Gasteiger partial charge in [0.2, 0.25) is 0 Å². The molecule has 0 radical (unpaired) electrons. The summed E-state index contributed by atoms with van der Waals surface area (Å²) in [5.74, 6) is 1.89. The van der Waals surface area contributed by atoms with E-state index in [4.69, 9.17) is 0 Å². The van der Waals surface area contributed by atoms with Crippen molar-refractivity contribution in [1.82, 2.24) is 4.98 Å². The van der Waals surface area contributed by atoms with E-state index >= 15 is 0 Å². The summed E-state index contributed by atoms with van der Waals surface area (Å²) in [6, 6.07) is 11.1. The van der Waals surface area contributed by atoms with E-state index in [1.54, 1.807) is 0 Å². The summed E-state index contributed by atoms with van der Waals surface area (Å²) < 4.78 is 0. The molecule has 0 bridgehead atoms. The molecule has 1 aromatic heterocycles. The molecule has 2 nitrogen and oxygen atoms in total. The van der Waals surface area contributed by atoms with Crippen LogP contribution in [-0.2, 0) is 0 Å². The maximum Gasteiger partial charge on any atom is 0.134 e. The minimum Gasteiger partial charge on any atom is -0.367 e. The molecule has 2 atom stereocenters. The first-order valence-corrected chi connectivity index (χ1v) is 6.43. The van der Waals surface area contributed by atoms with Gasteiger partial charge in [-0.15, -0.1) is 0 Å². The van der Waals surface area contributed by atoms with Gasteiger partial charge in [0.1, 0.15) is 5.82 Å². The molecule has 1 aliphatic rings. The van der Waals surface area contributed by atoms with E-state index in [0.717, 1.165) is 11.7 Å². The molecular weight excluding hydrogens is 208 g/mol. The predicted molar refractivity (Wildman–Crippen MR) is 72.2 cm³/mol. The highest BCUT2D eigenvalue weighted by Crippen LogP contribution is 2.29. The van der Waals surface area contributed by atoms with E-state index in [1.165, 1.54) is 30.0 Å². The molecular formula is C15H18N2. The van der Waals surface area contributed by atoms with Crippen LogP contribution in [0.1, 0.15) is 26.2 Å². The van der Waals surface area contributed by atoms with Crippen molar-refractivity contribution in [3.63, 3.8) is 0 Å². The number of anilines is 1. The summed E-state index contributed by atoms with van der Waals surface area (Å²) in [5, 5.41) is 6.09. The Kier molecular flexibility index (Phi) is 2.71. The van der Waals surface area contributed by atoms with Crippen molar-refractivity contribution in [2.45, 2.75) is 32.2 Å². The molecule has 0 spiro atoms. The summed E-state index contributed by atoms with van der Waals surface area (Å²) in [6.07, 6.45) is 5.77. The third-order valence-electron chi connectivity index (χ3n) is 3.71. The van der Waals surface area contributed by atoms with Gasteiger partial charge in [0.25, 0.3) is 0 Å². The summed E-state index contributed by atoms with van der Waals surface area (Å²) in [7, 11) is 0. The Hall–Kier alpha value is -1.57. The highest BCUT2D eigenvalue weighted by atomic mass is 15.0. The Morgan fingerprint density at radius 1 is 1.18 bits per heavy atom. The lowest BCUT2D eigenvalue weighted by atomic mass is 10.1. The topological polar surface area (TPSA) is 24.9 Å². The van der Waals surface area contributed by atoms with Crippen molar-refractivity contribution in [1.29, 1.82) is 0 Å². The third-order valence-corrected chi connectivity index (χ3v) is 3.71. The second kappa shape index (κ2) is 4.36. The second-order valence-corrected chi connectivity index (χ2v) is 5.14. The smallest absolute Gasteiger partial charge is 0.134 e. The molecule has 0 amide bonds. The number of rotatable bonds is 2. The average Bonchev–Trinajstić information content (AvgIpc) is 2.75. The summed E-state index contributed by atoms with van der Waals surface area (Å²) >= 11 is 0. The lowest BCUT2D eigenvalue weighted by Gasteiger charge is -2.14. The number of benzene rings is 1. The Labute approximate surface area is 102 Å². The third kappa shape index (κ3) is 2.12. The Bertz CT molecular complexity index is 516. The number of aromatic nitrogens is 1. The first-order valence-electron chi connectivity index (χ1n) is 6.43. The number of fused-ring (bicyclic) bond motifs is 1. The number of hydrogen-bond donors (Lipinski definition) is 1. The van der Waals surface area contributed by atoms with Gasteiger partial charge in [0.15, 0.2) is 0 Å². The van der Waals surface area contributed by atoms with Crippen LogP contribution < -0.4 is 5.32 Å². The van der Waals surface area contributed by atoms with Crippen LogP contribution in [0.5, 0.6) is 0 Å². The fourth-order valence-electron chi connectivity index (χ4n) is 2.77. The van der Waals surface area contributed by atoms with Crippen molar-refractivity contribution in [3.05, 3.63) is 36.5 Å². The Balaban J connectivity index is 1.90. The van der Waals surface area contributed by atoms with Crippen molar-refractivity contribution < 1.29 is 0 Å². The van der Waals surface area contributed by atoms with E-state index < -0.39 is 0 Å². The van der Waals surface area contributed by atoms with Crippen LogP contribution in [0, 0.1) is 5.92 Å². The lowest BCUT2D eigenvalue weighted by molar-refractivity contribution is 0.602. The van der Waals surface area contributed by atoms with Gasteiger partial charge < -0.3 is 5.32 Å². The van der Waals surface area contributed by atoms with E-state index in [-0.39, 0.29) is 0 Å². The summed E-state index contributed by atoms with van der Waals surface area (Å²) in [5.41, 5.74) is 0. The number of hydrogen-bond acceptors (Lipinski definition) is 2. The molecule has 1 aromatic carbocycles. The van der Waals surface area contributed by atoms with Gasteiger partial charge in [-0.1, -0.05) is 31.2 Å². The molecule has 0 saturated heterocycles. The first-order chi connectivity index (χ1) is 8.33. The van der Waals surface area contributed by atoms with Gasteiger partial charge in [-0.2, -0.15) is 0 Å². The van der Waals surface area contributed by atoms with Crippen LogP contribution in [0.25, 0.3) is 10.8 Å². The van der Waals surface area contributed by atoms with Gasteiger partial charge >= 0.3 is 0 Å². The molecule has 0 aliphatic heterocycles. The number of nitrogens with zero attached hydrogens (tertiary/aromatic N) is 1. The fourth-order valence-corrected chi connectivity index (χ4v) is 2.77. The molecule has 2 aromatic rings. The maximum absolute atomic E-state index is 4.48. The van der Waals surface area contributed by atoms with Gasteiger partial charge in [-0.25, -0.2) is 4.98 Å². The van der Waals surface area contributed by atoms with Crippen molar-refractivity contribution in [2.75, 3.05) is 5.32 Å². The largest absolute Gasteiger partial charge is 0.367 e. The molecule has 3 rings (SSSR count). The highest BCUT2D eigenvalue weighted by molar-refractivity contribution is 5.91. The normalized spacial score (nSPS) is 24.1. The molecule has 1 fully saturated rings. The molecule has 88 valence electrons. The fraction of sp³-hybridized carbons (Fsp3) is 0.400. The zero-order chi connectivity index (χ0) is 11.7. The summed E-state index contributed by atoms with van der Waals surface area (Å²) in [6.45, 7) is 2.33. The van der Waals surface area contributed by atoms with E-state index in [1.807, 2.05) is 6.20 Å². The Morgan fingerprint density at radius 3 is 2.88 bits per heavy atom. The molecule has 1 heterocycles. The van der Waals surface area contributed by atoms with E-state index in [9.17, 15) is 0 Å². The van der Waals surface area contributed by atoms with Gasteiger partial charge in [0.05, 0.1) is 0 Å². The van der Waals surface area contributed by atoms with Crippen LogP contribution in [-0.4, -0.2) is 11.0 Å². The number of pyridine rings is 1. The molecule has 2 unspecified atom stereocenters. The minimum absolute atomic E-state index is 0.600. The number of nitrogens with one attached hydrogen (secondary N) is 1. The van der Waals surface area contributed by atoms with Crippen LogP contribution in [0.4, 0.5) is 5.82 Å². The van der Waals surface area contributed by atoms with Crippen molar-refractivity contribution in [2.24, 2.45) is 5.92 Å². The average molecular weight is 226 g/mol. The standard InChI is InChI=1S/C15H18N2/c1-11-6-7-13(10-11)17-15-14-5-3-2-4-12(14)8-9-16-15/h2-5,8-9,11,13H,6-7,10H2,1H3,(H,16,17). The second-order valence-electron chi connectivity index (χ2n) is 5.14.